The summed E-state index contributed by atoms with van der Waals surface area (Å²) in [5.41, 5.74) is -0.466. The van der Waals surface area contributed by atoms with Gasteiger partial charge in [-0.2, -0.15) is 0 Å². The zero-order chi connectivity index (χ0) is 15.5. The molecule has 2 heterocycles. The molecule has 1 saturated heterocycles. The molecule has 5 nitrogen and oxygen atoms in total. The van der Waals surface area contributed by atoms with Crippen LogP contribution in [0.1, 0.15) is 52.4 Å². The van der Waals surface area contributed by atoms with Crippen LogP contribution in [0.3, 0.4) is 0 Å². The molecular formula is C16H25NO4. The summed E-state index contributed by atoms with van der Waals surface area (Å²) < 4.78 is 16.6. The van der Waals surface area contributed by atoms with Gasteiger partial charge in [0.2, 0.25) is 0 Å². The smallest absolute Gasteiger partial charge is 0.410 e. The van der Waals surface area contributed by atoms with Gasteiger partial charge in [-0.1, -0.05) is 0 Å². The van der Waals surface area contributed by atoms with Gasteiger partial charge in [0.05, 0.1) is 18.9 Å². The second kappa shape index (κ2) is 6.52. The van der Waals surface area contributed by atoms with Crippen LogP contribution < -0.4 is 0 Å². The molecule has 2 atom stereocenters. The van der Waals surface area contributed by atoms with Gasteiger partial charge in [-0.15, -0.1) is 0 Å². The first kappa shape index (κ1) is 15.9. The Bertz CT molecular complexity index is 449. The Morgan fingerprint density at radius 3 is 2.90 bits per heavy atom. The predicted molar refractivity (Wildman–Crippen MR) is 79.0 cm³/mol. The third-order valence-electron chi connectivity index (χ3n) is 3.49. The maximum absolute atomic E-state index is 12.2. The molecule has 1 aromatic heterocycles. The second-order valence-electron chi connectivity index (χ2n) is 6.46. The van der Waals surface area contributed by atoms with Crippen LogP contribution in [-0.2, 0) is 9.47 Å². The van der Waals surface area contributed by atoms with Crippen LogP contribution in [0.4, 0.5) is 4.79 Å². The summed E-state index contributed by atoms with van der Waals surface area (Å²) in [6, 6.07) is 3.82. The van der Waals surface area contributed by atoms with Crippen molar-refractivity contribution in [3.8, 4) is 0 Å². The molecule has 2 unspecified atom stereocenters. The predicted octanol–water partition coefficient (Wildman–Crippen LogP) is 3.76. The van der Waals surface area contributed by atoms with Crippen molar-refractivity contribution in [3.63, 3.8) is 0 Å². The van der Waals surface area contributed by atoms with E-state index < -0.39 is 5.60 Å². The average molecular weight is 295 g/mol. The zero-order valence-electron chi connectivity index (χ0n) is 13.3. The Kier molecular flexibility index (Phi) is 4.93. The fourth-order valence-electron chi connectivity index (χ4n) is 2.43. The Morgan fingerprint density at radius 2 is 2.29 bits per heavy atom. The van der Waals surface area contributed by atoms with Gasteiger partial charge in [-0.25, -0.2) is 4.79 Å². The van der Waals surface area contributed by atoms with E-state index in [1.807, 2.05) is 39.8 Å². The molecule has 0 radical (unpaired) electrons. The molecule has 1 aliphatic heterocycles. The number of likely N-dealkylation sites (tertiary alicyclic amines) is 1. The quantitative estimate of drug-likeness (QED) is 0.848. The van der Waals surface area contributed by atoms with Crippen LogP contribution in [0, 0.1) is 0 Å². The molecule has 1 aliphatic rings. The summed E-state index contributed by atoms with van der Waals surface area (Å²) in [4.78, 5) is 14.0. The fourth-order valence-corrected chi connectivity index (χ4v) is 2.43. The van der Waals surface area contributed by atoms with Gasteiger partial charge >= 0.3 is 6.09 Å². The second-order valence-corrected chi connectivity index (χ2v) is 6.46. The van der Waals surface area contributed by atoms with E-state index in [2.05, 4.69) is 0 Å². The lowest BCUT2D eigenvalue weighted by Crippen LogP contribution is -2.41. The minimum atomic E-state index is -0.466. The SMILES string of the molecule is CC(OCC1CCCN1C(=O)OC(C)(C)C)c1ccco1. The average Bonchev–Trinajstić information content (AvgIpc) is 3.04. The minimum absolute atomic E-state index is 0.0808. The molecule has 21 heavy (non-hydrogen) atoms. The first-order valence-corrected chi connectivity index (χ1v) is 7.51. The molecule has 0 spiro atoms. The summed E-state index contributed by atoms with van der Waals surface area (Å²) in [5.74, 6) is 0.803. The molecule has 1 fully saturated rings. The highest BCUT2D eigenvalue weighted by Gasteiger charge is 2.32. The monoisotopic (exact) mass is 295 g/mol. The van der Waals surface area contributed by atoms with E-state index in [1.54, 1.807) is 11.2 Å². The number of hydrogen-bond acceptors (Lipinski definition) is 4. The van der Waals surface area contributed by atoms with Gasteiger partial charge in [0.1, 0.15) is 17.5 Å². The molecule has 0 aliphatic carbocycles. The number of furan rings is 1. The van der Waals surface area contributed by atoms with Crippen molar-refractivity contribution < 1.29 is 18.7 Å². The van der Waals surface area contributed by atoms with Crippen LogP contribution in [0.15, 0.2) is 22.8 Å². The largest absolute Gasteiger partial charge is 0.467 e. The lowest BCUT2D eigenvalue weighted by atomic mass is 10.2. The Morgan fingerprint density at radius 1 is 1.52 bits per heavy atom. The van der Waals surface area contributed by atoms with Crippen molar-refractivity contribution in [2.24, 2.45) is 0 Å². The number of carbonyl (C=O) groups is 1. The topological polar surface area (TPSA) is 51.9 Å². The van der Waals surface area contributed by atoms with Gasteiger partial charge in [0, 0.05) is 6.54 Å². The number of nitrogens with zero attached hydrogens (tertiary/aromatic N) is 1. The Labute approximate surface area is 126 Å². The maximum Gasteiger partial charge on any atom is 0.410 e. The van der Waals surface area contributed by atoms with Crippen molar-refractivity contribution in [2.45, 2.75) is 58.3 Å². The number of hydrogen-bond donors (Lipinski definition) is 0. The number of carbonyl (C=O) groups excluding carboxylic acids is 1. The van der Waals surface area contributed by atoms with Crippen molar-refractivity contribution >= 4 is 6.09 Å². The summed E-state index contributed by atoms with van der Waals surface area (Å²) in [6.07, 6.45) is 3.21. The third kappa shape index (κ3) is 4.49. The molecule has 0 aromatic carbocycles. The van der Waals surface area contributed by atoms with Crippen LogP contribution in [0.2, 0.25) is 0 Å². The summed E-state index contributed by atoms with van der Waals surface area (Å²) in [5, 5.41) is 0. The third-order valence-corrected chi connectivity index (χ3v) is 3.49. The zero-order valence-corrected chi connectivity index (χ0v) is 13.3. The highest BCUT2D eigenvalue weighted by atomic mass is 16.6. The van der Waals surface area contributed by atoms with E-state index in [0.717, 1.165) is 25.1 Å². The van der Waals surface area contributed by atoms with Crippen molar-refractivity contribution in [2.75, 3.05) is 13.2 Å². The molecule has 0 bridgehead atoms. The van der Waals surface area contributed by atoms with Crippen LogP contribution in [0.25, 0.3) is 0 Å². The first-order valence-electron chi connectivity index (χ1n) is 7.51. The minimum Gasteiger partial charge on any atom is -0.467 e. The lowest BCUT2D eigenvalue weighted by molar-refractivity contribution is -0.00591. The molecule has 118 valence electrons. The van der Waals surface area contributed by atoms with Crippen molar-refractivity contribution in [3.05, 3.63) is 24.2 Å². The van der Waals surface area contributed by atoms with E-state index in [4.69, 9.17) is 13.9 Å². The molecule has 0 N–H and O–H groups in total. The molecule has 0 saturated carbocycles. The van der Waals surface area contributed by atoms with Gasteiger partial charge in [0.25, 0.3) is 0 Å². The Balaban J connectivity index is 1.86. The number of rotatable bonds is 4. The summed E-state index contributed by atoms with van der Waals surface area (Å²) in [7, 11) is 0. The van der Waals surface area contributed by atoms with E-state index in [-0.39, 0.29) is 18.2 Å². The van der Waals surface area contributed by atoms with E-state index in [9.17, 15) is 4.79 Å². The van der Waals surface area contributed by atoms with Crippen LogP contribution in [0.5, 0.6) is 0 Å². The van der Waals surface area contributed by atoms with Crippen LogP contribution in [-0.4, -0.2) is 35.8 Å². The lowest BCUT2D eigenvalue weighted by Gasteiger charge is -2.29. The fraction of sp³-hybridized carbons (Fsp3) is 0.688. The summed E-state index contributed by atoms with van der Waals surface area (Å²) >= 11 is 0. The molecular weight excluding hydrogens is 270 g/mol. The van der Waals surface area contributed by atoms with E-state index >= 15 is 0 Å². The van der Waals surface area contributed by atoms with Crippen molar-refractivity contribution in [1.29, 1.82) is 0 Å². The van der Waals surface area contributed by atoms with Crippen molar-refractivity contribution in [1.82, 2.24) is 4.90 Å². The standard InChI is InChI=1S/C16H25NO4/c1-12(14-8-6-10-19-14)20-11-13-7-5-9-17(13)15(18)21-16(2,3)4/h6,8,10,12-13H,5,7,9,11H2,1-4H3. The van der Waals surface area contributed by atoms with Gasteiger partial charge in [-0.05, 0) is 52.7 Å². The Hall–Kier alpha value is -1.49. The first-order chi connectivity index (χ1) is 9.87. The molecule has 1 aromatic rings. The molecule has 5 heteroatoms. The normalized spacial score (nSPS) is 20.6. The van der Waals surface area contributed by atoms with Gasteiger partial charge in [-0.3, -0.25) is 0 Å². The van der Waals surface area contributed by atoms with E-state index in [0.29, 0.717) is 6.61 Å². The van der Waals surface area contributed by atoms with Crippen LogP contribution >= 0.6 is 0 Å². The highest BCUT2D eigenvalue weighted by molar-refractivity contribution is 5.68. The van der Waals surface area contributed by atoms with E-state index in [1.165, 1.54) is 0 Å². The molecule has 2 rings (SSSR count). The number of amides is 1. The van der Waals surface area contributed by atoms with Gasteiger partial charge in [0.15, 0.2) is 0 Å². The molecule has 1 amide bonds. The number of ether oxygens (including phenoxy) is 2. The summed E-state index contributed by atoms with van der Waals surface area (Å²) in [6.45, 7) is 8.83. The van der Waals surface area contributed by atoms with Gasteiger partial charge < -0.3 is 18.8 Å². The highest BCUT2D eigenvalue weighted by Crippen LogP contribution is 2.24. The maximum atomic E-state index is 12.2.